The molecule has 7 heteroatoms. The number of esters is 1. The number of aliphatic imine (C=N–C) groups is 1. The second kappa shape index (κ2) is 9.11. The molecule has 156 valence electrons. The van der Waals surface area contributed by atoms with Crippen LogP contribution in [0.15, 0.2) is 59.6 Å². The largest absolute Gasteiger partial charge is 0.459 e. The van der Waals surface area contributed by atoms with Gasteiger partial charge in [0.1, 0.15) is 12.1 Å². The number of carbonyl (C=O) groups is 1. The van der Waals surface area contributed by atoms with E-state index in [9.17, 15) is 18.0 Å². The summed E-state index contributed by atoms with van der Waals surface area (Å²) in [6.07, 6.45) is -4.75. The Labute approximate surface area is 169 Å². The van der Waals surface area contributed by atoms with Gasteiger partial charge in [-0.1, -0.05) is 48.0 Å². The van der Waals surface area contributed by atoms with Crippen LogP contribution in [-0.4, -0.2) is 35.0 Å². The highest BCUT2D eigenvalue weighted by atomic mass is 19.4. The first kappa shape index (κ1) is 22.5. The van der Waals surface area contributed by atoms with E-state index in [1.165, 1.54) is 12.1 Å². The molecule has 2 rings (SSSR count). The third kappa shape index (κ3) is 7.60. The Bertz CT molecular complexity index is 839. The predicted molar refractivity (Wildman–Crippen MR) is 107 cm³/mol. The lowest BCUT2D eigenvalue weighted by Crippen LogP contribution is -2.44. The van der Waals surface area contributed by atoms with E-state index in [0.29, 0.717) is 5.56 Å². The van der Waals surface area contributed by atoms with E-state index >= 15 is 0 Å². The third-order valence-corrected chi connectivity index (χ3v) is 3.78. The summed E-state index contributed by atoms with van der Waals surface area (Å²) in [5.74, 6) is -1.90. The predicted octanol–water partition coefficient (Wildman–Crippen LogP) is 5.43. The van der Waals surface area contributed by atoms with Gasteiger partial charge in [0.2, 0.25) is 5.84 Å². The van der Waals surface area contributed by atoms with Gasteiger partial charge in [-0.15, -0.1) is 0 Å². The standard InChI is InChI=1S/C22H25F3N2O2/c1-16-10-12-18(13-11-16)26-20(22(23,24)25)27(14-17-8-6-5-7-9-17)15-19(28)29-21(2,3)4/h5-13H,14-15H2,1-4H3. The van der Waals surface area contributed by atoms with E-state index in [-0.39, 0.29) is 12.2 Å². The highest BCUT2D eigenvalue weighted by Crippen LogP contribution is 2.26. The Morgan fingerprint density at radius 2 is 1.59 bits per heavy atom. The van der Waals surface area contributed by atoms with Crippen molar-refractivity contribution >= 4 is 17.5 Å². The number of carbonyl (C=O) groups excluding carboxylic acids is 1. The Morgan fingerprint density at radius 3 is 2.10 bits per heavy atom. The maximum atomic E-state index is 13.9. The Kier molecular flexibility index (Phi) is 7.06. The molecule has 2 aromatic rings. The summed E-state index contributed by atoms with van der Waals surface area (Å²) < 4.78 is 46.9. The van der Waals surface area contributed by atoms with Crippen molar-refractivity contribution in [2.24, 2.45) is 4.99 Å². The lowest BCUT2D eigenvalue weighted by molar-refractivity contribution is -0.155. The molecule has 0 N–H and O–H groups in total. The molecular weight excluding hydrogens is 381 g/mol. The van der Waals surface area contributed by atoms with Crippen LogP contribution in [0, 0.1) is 6.92 Å². The Hall–Kier alpha value is -2.83. The zero-order chi connectivity index (χ0) is 21.7. The summed E-state index contributed by atoms with van der Waals surface area (Å²) >= 11 is 0. The first-order valence-electron chi connectivity index (χ1n) is 9.17. The van der Waals surface area contributed by atoms with Gasteiger partial charge >= 0.3 is 12.1 Å². The van der Waals surface area contributed by atoms with Crippen molar-refractivity contribution in [2.75, 3.05) is 6.54 Å². The molecule has 0 unspecified atom stereocenters. The topological polar surface area (TPSA) is 41.9 Å². The number of ether oxygens (including phenoxy) is 1. The molecule has 0 amide bonds. The third-order valence-electron chi connectivity index (χ3n) is 3.78. The first-order chi connectivity index (χ1) is 13.4. The fourth-order valence-corrected chi connectivity index (χ4v) is 2.59. The molecular formula is C22H25F3N2O2. The van der Waals surface area contributed by atoms with Crippen LogP contribution in [0.3, 0.4) is 0 Å². The van der Waals surface area contributed by atoms with Gasteiger partial charge in [0.15, 0.2) is 0 Å². The average molecular weight is 406 g/mol. The maximum absolute atomic E-state index is 13.9. The number of hydrogen-bond donors (Lipinski definition) is 0. The second-order valence-corrected chi connectivity index (χ2v) is 7.70. The summed E-state index contributed by atoms with van der Waals surface area (Å²) in [5, 5.41) is 0. The van der Waals surface area contributed by atoms with Crippen LogP contribution < -0.4 is 0 Å². The van der Waals surface area contributed by atoms with Gasteiger partial charge in [-0.3, -0.25) is 4.79 Å². The van der Waals surface area contributed by atoms with Crippen molar-refractivity contribution in [2.45, 2.75) is 46.0 Å². The van der Waals surface area contributed by atoms with Crippen LogP contribution in [0.5, 0.6) is 0 Å². The summed E-state index contributed by atoms with van der Waals surface area (Å²) in [7, 11) is 0. The lowest BCUT2D eigenvalue weighted by Gasteiger charge is -2.28. The van der Waals surface area contributed by atoms with Gasteiger partial charge in [0, 0.05) is 6.54 Å². The molecule has 29 heavy (non-hydrogen) atoms. The van der Waals surface area contributed by atoms with Gasteiger partial charge in [-0.2, -0.15) is 13.2 Å². The molecule has 4 nitrogen and oxygen atoms in total. The van der Waals surface area contributed by atoms with E-state index < -0.39 is 30.1 Å². The molecule has 0 heterocycles. The number of rotatable bonds is 5. The quantitative estimate of drug-likeness (QED) is 0.378. The van der Waals surface area contributed by atoms with E-state index in [4.69, 9.17) is 4.74 Å². The monoisotopic (exact) mass is 406 g/mol. The van der Waals surface area contributed by atoms with Crippen molar-refractivity contribution < 1.29 is 22.7 Å². The molecule has 0 fully saturated rings. The number of hydrogen-bond acceptors (Lipinski definition) is 3. The fourth-order valence-electron chi connectivity index (χ4n) is 2.59. The molecule has 0 bridgehead atoms. The van der Waals surface area contributed by atoms with E-state index in [0.717, 1.165) is 10.5 Å². The fraction of sp³-hybridized carbons (Fsp3) is 0.364. The van der Waals surface area contributed by atoms with E-state index in [1.54, 1.807) is 63.2 Å². The molecule has 0 aliphatic carbocycles. The zero-order valence-electron chi connectivity index (χ0n) is 17.0. The minimum atomic E-state index is -4.75. The van der Waals surface area contributed by atoms with Crippen LogP contribution in [-0.2, 0) is 16.1 Å². The molecule has 0 radical (unpaired) electrons. The first-order valence-corrected chi connectivity index (χ1v) is 9.17. The summed E-state index contributed by atoms with van der Waals surface area (Å²) in [6.45, 7) is 6.12. The molecule has 0 aromatic heterocycles. The van der Waals surface area contributed by atoms with Crippen molar-refractivity contribution in [1.82, 2.24) is 4.90 Å². The summed E-state index contributed by atoms with van der Waals surface area (Å²) in [6, 6.07) is 15.0. The number of halogens is 3. The number of nitrogens with zero attached hydrogens (tertiary/aromatic N) is 2. The molecule has 0 spiro atoms. The SMILES string of the molecule is Cc1ccc(N=C(N(CC(=O)OC(C)(C)C)Cc2ccccc2)C(F)(F)F)cc1. The van der Waals surface area contributed by atoms with E-state index in [1.807, 2.05) is 6.92 Å². The van der Waals surface area contributed by atoms with Gasteiger partial charge in [-0.25, -0.2) is 4.99 Å². The Balaban J connectivity index is 2.42. The van der Waals surface area contributed by atoms with Gasteiger partial charge in [0.25, 0.3) is 0 Å². The Morgan fingerprint density at radius 1 is 1.00 bits per heavy atom. The zero-order valence-corrected chi connectivity index (χ0v) is 17.0. The van der Waals surface area contributed by atoms with Crippen molar-refractivity contribution in [3.8, 4) is 0 Å². The van der Waals surface area contributed by atoms with Crippen molar-refractivity contribution in [3.63, 3.8) is 0 Å². The summed E-state index contributed by atoms with van der Waals surface area (Å²) in [4.78, 5) is 17.0. The van der Waals surface area contributed by atoms with Crippen molar-refractivity contribution in [3.05, 3.63) is 65.7 Å². The maximum Gasteiger partial charge on any atom is 0.449 e. The molecule has 2 aromatic carbocycles. The van der Waals surface area contributed by atoms with Crippen LogP contribution in [0.1, 0.15) is 31.9 Å². The number of amidine groups is 1. The van der Waals surface area contributed by atoms with Crippen LogP contribution in [0.2, 0.25) is 0 Å². The number of aryl methyl sites for hydroxylation is 1. The smallest absolute Gasteiger partial charge is 0.449 e. The molecule has 0 aliphatic heterocycles. The van der Waals surface area contributed by atoms with Crippen LogP contribution in [0.4, 0.5) is 18.9 Å². The highest BCUT2D eigenvalue weighted by Gasteiger charge is 2.41. The van der Waals surface area contributed by atoms with Gasteiger partial charge in [-0.05, 0) is 45.4 Å². The molecule has 0 saturated carbocycles. The molecule has 0 saturated heterocycles. The average Bonchev–Trinajstić information content (AvgIpc) is 2.59. The van der Waals surface area contributed by atoms with Gasteiger partial charge in [0.05, 0.1) is 5.69 Å². The minimum Gasteiger partial charge on any atom is -0.459 e. The van der Waals surface area contributed by atoms with Crippen molar-refractivity contribution in [1.29, 1.82) is 0 Å². The number of alkyl halides is 3. The second-order valence-electron chi connectivity index (χ2n) is 7.70. The normalized spacial score (nSPS) is 12.6. The number of benzene rings is 2. The van der Waals surface area contributed by atoms with E-state index in [2.05, 4.69) is 4.99 Å². The highest BCUT2D eigenvalue weighted by molar-refractivity contribution is 5.92. The van der Waals surface area contributed by atoms with Crippen LogP contribution >= 0.6 is 0 Å². The molecule has 0 atom stereocenters. The van der Waals surface area contributed by atoms with Crippen LogP contribution in [0.25, 0.3) is 0 Å². The lowest BCUT2D eigenvalue weighted by atomic mass is 10.2. The molecule has 0 aliphatic rings. The van der Waals surface area contributed by atoms with Gasteiger partial charge < -0.3 is 9.64 Å². The summed E-state index contributed by atoms with van der Waals surface area (Å²) in [5.41, 5.74) is 0.886. The minimum absolute atomic E-state index is 0.135.